The van der Waals surface area contributed by atoms with E-state index in [1.165, 1.54) is 6.26 Å². The van der Waals surface area contributed by atoms with E-state index in [0.717, 1.165) is 30.7 Å². The van der Waals surface area contributed by atoms with Gasteiger partial charge in [0.25, 0.3) is 0 Å². The van der Waals surface area contributed by atoms with E-state index in [9.17, 15) is 8.42 Å². The molecule has 1 saturated heterocycles. The van der Waals surface area contributed by atoms with Gasteiger partial charge in [-0.3, -0.25) is 0 Å². The van der Waals surface area contributed by atoms with E-state index < -0.39 is 10.0 Å². The van der Waals surface area contributed by atoms with Crippen molar-refractivity contribution in [2.45, 2.75) is 39.2 Å². The SMILES string of the molecule is Cc1nc(-c2ncc(C)[nH]2)cc(C2CCCCN2S(C)(=O)=O)n1. The van der Waals surface area contributed by atoms with Crippen molar-refractivity contribution >= 4 is 10.0 Å². The topological polar surface area (TPSA) is 91.8 Å². The molecule has 2 aromatic rings. The Morgan fingerprint density at radius 1 is 1.26 bits per heavy atom. The van der Waals surface area contributed by atoms with Gasteiger partial charge in [0.15, 0.2) is 5.82 Å². The lowest BCUT2D eigenvalue weighted by molar-refractivity contribution is 0.252. The summed E-state index contributed by atoms with van der Waals surface area (Å²) in [7, 11) is -3.26. The first-order valence-corrected chi connectivity index (χ1v) is 9.54. The number of H-pyrrole nitrogens is 1. The summed E-state index contributed by atoms with van der Waals surface area (Å²) in [5.74, 6) is 1.29. The van der Waals surface area contributed by atoms with Gasteiger partial charge in [-0.25, -0.2) is 23.4 Å². The Labute approximate surface area is 136 Å². The molecular formula is C15H21N5O2S. The van der Waals surface area contributed by atoms with E-state index in [0.29, 0.717) is 23.9 Å². The van der Waals surface area contributed by atoms with Gasteiger partial charge in [-0.15, -0.1) is 0 Å². The van der Waals surface area contributed by atoms with Crippen LogP contribution in [0.5, 0.6) is 0 Å². The number of aryl methyl sites for hydroxylation is 2. The first-order chi connectivity index (χ1) is 10.8. The zero-order valence-electron chi connectivity index (χ0n) is 13.6. The highest BCUT2D eigenvalue weighted by Crippen LogP contribution is 2.32. The average molecular weight is 335 g/mol. The number of sulfonamides is 1. The molecular weight excluding hydrogens is 314 g/mol. The second-order valence-corrected chi connectivity index (χ2v) is 7.96. The van der Waals surface area contributed by atoms with Gasteiger partial charge < -0.3 is 4.98 Å². The molecule has 3 rings (SSSR count). The van der Waals surface area contributed by atoms with E-state index in [1.807, 2.05) is 19.9 Å². The van der Waals surface area contributed by atoms with Crippen molar-refractivity contribution in [2.24, 2.45) is 0 Å². The number of hydrogen-bond acceptors (Lipinski definition) is 5. The predicted octanol–water partition coefficient (Wildman–Crippen LogP) is 1.97. The Bertz CT molecular complexity index is 815. The summed E-state index contributed by atoms with van der Waals surface area (Å²) < 4.78 is 25.7. The molecule has 2 aromatic heterocycles. The zero-order chi connectivity index (χ0) is 16.6. The molecule has 8 heteroatoms. The normalized spacial score (nSPS) is 19.9. The van der Waals surface area contributed by atoms with Crippen LogP contribution in [0.15, 0.2) is 12.3 Å². The molecule has 124 valence electrons. The molecule has 0 spiro atoms. The molecule has 0 aliphatic carbocycles. The first-order valence-electron chi connectivity index (χ1n) is 7.69. The number of piperidine rings is 1. The van der Waals surface area contributed by atoms with Crippen molar-refractivity contribution in [1.82, 2.24) is 24.2 Å². The van der Waals surface area contributed by atoms with Crippen molar-refractivity contribution in [3.63, 3.8) is 0 Å². The second-order valence-electron chi connectivity index (χ2n) is 6.03. The quantitative estimate of drug-likeness (QED) is 0.926. The monoisotopic (exact) mass is 335 g/mol. The molecule has 23 heavy (non-hydrogen) atoms. The number of aromatic amines is 1. The fourth-order valence-electron chi connectivity index (χ4n) is 3.02. The number of hydrogen-bond donors (Lipinski definition) is 1. The molecule has 0 aromatic carbocycles. The van der Waals surface area contributed by atoms with Gasteiger partial charge >= 0.3 is 0 Å². The van der Waals surface area contributed by atoms with E-state index in [4.69, 9.17) is 0 Å². The zero-order valence-corrected chi connectivity index (χ0v) is 14.4. The third kappa shape index (κ3) is 3.42. The Kier molecular flexibility index (Phi) is 4.20. The summed E-state index contributed by atoms with van der Waals surface area (Å²) in [6.45, 7) is 4.29. The van der Waals surface area contributed by atoms with Crippen LogP contribution in [0.3, 0.4) is 0 Å². The molecule has 1 unspecified atom stereocenters. The molecule has 1 fully saturated rings. The summed E-state index contributed by atoms with van der Waals surface area (Å²) in [5, 5.41) is 0. The van der Waals surface area contributed by atoms with E-state index in [1.54, 1.807) is 10.5 Å². The number of nitrogens with zero attached hydrogens (tertiary/aromatic N) is 4. The number of imidazole rings is 1. The van der Waals surface area contributed by atoms with Gasteiger partial charge in [0, 0.05) is 18.4 Å². The third-order valence-corrected chi connectivity index (χ3v) is 5.31. The van der Waals surface area contributed by atoms with Gasteiger partial charge in [0.2, 0.25) is 10.0 Å². The molecule has 7 nitrogen and oxygen atoms in total. The summed E-state index contributed by atoms with van der Waals surface area (Å²) in [5.41, 5.74) is 2.39. The first kappa shape index (κ1) is 16.1. The fourth-order valence-corrected chi connectivity index (χ4v) is 4.16. The predicted molar refractivity (Wildman–Crippen MR) is 87.2 cm³/mol. The lowest BCUT2D eigenvalue weighted by Crippen LogP contribution is -2.38. The average Bonchev–Trinajstić information content (AvgIpc) is 2.92. The molecule has 1 atom stereocenters. The summed E-state index contributed by atoms with van der Waals surface area (Å²) in [6, 6.07) is 1.62. The lowest BCUT2D eigenvalue weighted by Gasteiger charge is -2.33. The van der Waals surface area contributed by atoms with Crippen LogP contribution in [0.2, 0.25) is 0 Å². The van der Waals surface area contributed by atoms with Crippen LogP contribution in [0.1, 0.15) is 42.5 Å². The number of nitrogens with one attached hydrogen (secondary N) is 1. The van der Waals surface area contributed by atoms with Crippen molar-refractivity contribution in [3.05, 3.63) is 29.5 Å². The fraction of sp³-hybridized carbons (Fsp3) is 0.533. The van der Waals surface area contributed by atoms with Gasteiger partial charge in [0.1, 0.15) is 11.5 Å². The van der Waals surface area contributed by atoms with E-state index in [-0.39, 0.29) is 6.04 Å². The van der Waals surface area contributed by atoms with Crippen LogP contribution < -0.4 is 0 Å². The second kappa shape index (κ2) is 6.01. The smallest absolute Gasteiger partial charge is 0.211 e. The van der Waals surface area contributed by atoms with Gasteiger partial charge in [-0.2, -0.15) is 4.31 Å². The van der Waals surface area contributed by atoms with Gasteiger partial charge in [0.05, 0.1) is 18.0 Å². The Morgan fingerprint density at radius 3 is 2.70 bits per heavy atom. The van der Waals surface area contributed by atoms with Crippen molar-refractivity contribution in [1.29, 1.82) is 0 Å². The number of rotatable bonds is 3. The van der Waals surface area contributed by atoms with Crippen LogP contribution in [0.4, 0.5) is 0 Å². The summed E-state index contributed by atoms with van der Waals surface area (Å²) in [4.78, 5) is 16.4. The molecule has 0 amide bonds. The molecule has 0 radical (unpaired) electrons. The summed E-state index contributed by atoms with van der Waals surface area (Å²) >= 11 is 0. The summed E-state index contributed by atoms with van der Waals surface area (Å²) in [6.07, 6.45) is 5.67. The van der Waals surface area contributed by atoms with Crippen molar-refractivity contribution < 1.29 is 8.42 Å². The highest BCUT2D eigenvalue weighted by atomic mass is 32.2. The van der Waals surface area contributed by atoms with Crippen LogP contribution in [-0.2, 0) is 10.0 Å². The lowest BCUT2D eigenvalue weighted by atomic mass is 10.0. The van der Waals surface area contributed by atoms with Gasteiger partial charge in [-0.1, -0.05) is 6.42 Å². The maximum Gasteiger partial charge on any atom is 0.211 e. The molecule has 1 N–H and O–H groups in total. The Hall–Kier alpha value is -1.80. The molecule has 0 bridgehead atoms. The standard InChI is InChI=1S/C15H21N5O2S/c1-10-9-16-15(17-10)13-8-12(18-11(2)19-13)14-6-4-5-7-20(14)23(3,21)22/h8-9,14H,4-7H2,1-3H3,(H,16,17). The van der Waals surface area contributed by atoms with E-state index >= 15 is 0 Å². The van der Waals surface area contributed by atoms with Crippen LogP contribution in [0.25, 0.3) is 11.5 Å². The minimum Gasteiger partial charge on any atom is -0.341 e. The van der Waals surface area contributed by atoms with Crippen LogP contribution in [-0.4, -0.2) is 45.5 Å². The van der Waals surface area contributed by atoms with Crippen LogP contribution >= 0.6 is 0 Å². The Morgan fingerprint density at radius 2 is 2.04 bits per heavy atom. The minimum absolute atomic E-state index is 0.227. The minimum atomic E-state index is -3.26. The molecule has 3 heterocycles. The highest BCUT2D eigenvalue weighted by Gasteiger charge is 2.32. The molecule has 1 aliphatic heterocycles. The number of aromatic nitrogens is 4. The molecule has 1 aliphatic rings. The largest absolute Gasteiger partial charge is 0.341 e. The van der Waals surface area contributed by atoms with Crippen molar-refractivity contribution in [3.8, 4) is 11.5 Å². The maximum absolute atomic E-state index is 12.1. The maximum atomic E-state index is 12.1. The Balaban J connectivity index is 2.03. The third-order valence-electron chi connectivity index (χ3n) is 4.02. The van der Waals surface area contributed by atoms with Crippen molar-refractivity contribution in [2.75, 3.05) is 12.8 Å². The van der Waals surface area contributed by atoms with Gasteiger partial charge in [-0.05, 0) is 32.8 Å². The molecule has 0 saturated carbocycles. The highest BCUT2D eigenvalue weighted by molar-refractivity contribution is 7.88. The van der Waals surface area contributed by atoms with Crippen LogP contribution in [0, 0.1) is 13.8 Å². The van der Waals surface area contributed by atoms with E-state index in [2.05, 4.69) is 19.9 Å².